The molecule has 2 aromatic heterocycles. The highest BCUT2D eigenvalue weighted by atomic mass is 32.2. The number of rotatable bonds is 7. The van der Waals surface area contributed by atoms with Crippen molar-refractivity contribution in [1.82, 2.24) is 14.5 Å². The molecule has 0 fully saturated rings. The fourth-order valence-electron chi connectivity index (χ4n) is 3.50. The molecule has 2 aromatic carbocycles. The van der Waals surface area contributed by atoms with E-state index in [4.69, 9.17) is 0 Å². The molecular weight excluding hydrogens is 464 g/mol. The Hall–Kier alpha value is -3.86. The van der Waals surface area contributed by atoms with Crippen LogP contribution in [-0.2, 0) is 17.1 Å². The van der Waals surface area contributed by atoms with Gasteiger partial charge in [-0.3, -0.25) is 14.1 Å². The summed E-state index contributed by atoms with van der Waals surface area (Å²) in [7, 11) is -2.40. The molecule has 2 N–H and O–H groups in total. The van der Waals surface area contributed by atoms with E-state index in [0.717, 1.165) is 22.4 Å². The van der Waals surface area contributed by atoms with Crippen LogP contribution >= 0.6 is 0 Å². The lowest BCUT2D eigenvalue weighted by atomic mass is 10.0. The minimum Gasteiger partial charge on any atom is -0.324 e. The summed E-state index contributed by atoms with van der Waals surface area (Å²) >= 11 is 0. The Balaban J connectivity index is 1.81. The average Bonchev–Trinajstić information content (AvgIpc) is 2.80. The van der Waals surface area contributed by atoms with Crippen molar-refractivity contribution in [3.05, 3.63) is 76.7 Å². The molecule has 0 amide bonds. The van der Waals surface area contributed by atoms with E-state index in [1.165, 1.54) is 19.3 Å². The summed E-state index contributed by atoms with van der Waals surface area (Å²) in [5.74, 6) is -2.17. The molecule has 0 aliphatic carbocycles. The van der Waals surface area contributed by atoms with Crippen LogP contribution in [0, 0.1) is 11.6 Å². The SMILES string of the molecule is CCCS(=O)(=O)Nc1ccc(F)c(-c2cc3cnc(Nc4ccccc4)nc3n(C)c2=O)c1F. The molecule has 8 nitrogen and oxygen atoms in total. The van der Waals surface area contributed by atoms with Crippen LogP contribution in [0.2, 0.25) is 0 Å². The lowest BCUT2D eigenvalue weighted by molar-refractivity contribution is 0.587. The van der Waals surface area contributed by atoms with Crippen LogP contribution in [0.25, 0.3) is 22.2 Å². The summed E-state index contributed by atoms with van der Waals surface area (Å²) in [5.41, 5.74) is -1.06. The summed E-state index contributed by atoms with van der Waals surface area (Å²) in [6, 6.07) is 12.4. The molecule has 176 valence electrons. The zero-order chi connectivity index (χ0) is 24.5. The van der Waals surface area contributed by atoms with Crippen LogP contribution in [0.5, 0.6) is 0 Å². The Kier molecular flexibility index (Phi) is 6.29. The number of aromatic nitrogens is 3. The van der Waals surface area contributed by atoms with Crippen LogP contribution < -0.4 is 15.6 Å². The highest BCUT2D eigenvalue weighted by Crippen LogP contribution is 2.31. The number of hydrogen-bond donors (Lipinski definition) is 2. The van der Waals surface area contributed by atoms with Crippen molar-refractivity contribution in [2.75, 3.05) is 15.8 Å². The molecule has 11 heteroatoms. The van der Waals surface area contributed by atoms with Gasteiger partial charge >= 0.3 is 0 Å². The van der Waals surface area contributed by atoms with Gasteiger partial charge in [0.05, 0.1) is 22.6 Å². The second-order valence-corrected chi connectivity index (χ2v) is 9.43. The van der Waals surface area contributed by atoms with Gasteiger partial charge in [0, 0.05) is 24.3 Å². The number of pyridine rings is 1. The lowest BCUT2D eigenvalue weighted by Crippen LogP contribution is -2.22. The maximum Gasteiger partial charge on any atom is 0.260 e. The number of benzene rings is 2. The second-order valence-electron chi connectivity index (χ2n) is 7.59. The fraction of sp³-hybridized carbons (Fsp3) is 0.174. The number of halogens is 2. The first kappa shape index (κ1) is 23.3. The minimum atomic E-state index is -3.83. The number of anilines is 3. The predicted octanol–water partition coefficient (Wildman–Crippen LogP) is 4.17. The Morgan fingerprint density at radius 1 is 1.09 bits per heavy atom. The topological polar surface area (TPSA) is 106 Å². The van der Waals surface area contributed by atoms with Crippen molar-refractivity contribution >= 4 is 38.4 Å². The average molecular weight is 486 g/mol. The Morgan fingerprint density at radius 2 is 1.82 bits per heavy atom. The standard InChI is InChI=1S/C23H21F2N5O3S/c1-3-11-34(32,33)29-18-10-9-17(24)19(20(18)25)16-12-14-13-26-23(27-15-7-5-4-6-8-15)28-21(14)30(2)22(16)31/h4-10,12-13,29H,3,11H2,1-2H3,(H,26,27,28). The maximum atomic E-state index is 15.3. The maximum absolute atomic E-state index is 15.3. The monoisotopic (exact) mass is 485 g/mol. The molecule has 0 radical (unpaired) electrons. The molecule has 0 atom stereocenters. The van der Waals surface area contributed by atoms with Gasteiger partial charge in [0.2, 0.25) is 16.0 Å². The zero-order valence-corrected chi connectivity index (χ0v) is 19.2. The third kappa shape index (κ3) is 4.60. The van der Waals surface area contributed by atoms with Crippen LogP contribution in [0.3, 0.4) is 0 Å². The van der Waals surface area contributed by atoms with E-state index in [2.05, 4.69) is 20.0 Å². The van der Waals surface area contributed by atoms with E-state index in [0.29, 0.717) is 11.8 Å². The van der Waals surface area contributed by atoms with E-state index in [9.17, 15) is 17.6 Å². The van der Waals surface area contributed by atoms with Crippen molar-refractivity contribution in [1.29, 1.82) is 0 Å². The van der Waals surface area contributed by atoms with Crippen LogP contribution in [0.1, 0.15) is 13.3 Å². The predicted molar refractivity (Wildman–Crippen MR) is 128 cm³/mol. The minimum absolute atomic E-state index is 0.229. The van der Waals surface area contributed by atoms with E-state index >= 15 is 4.39 Å². The Morgan fingerprint density at radius 3 is 2.53 bits per heavy atom. The Labute approximate surface area is 194 Å². The zero-order valence-electron chi connectivity index (χ0n) is 18.3. The summed E-state index contributed by atoms with van der Waals surface area (Å²) in [5, 5.41) is 3.39. The summed E-state index contributed by atoms with van der Waals surface area (Å²) in [6.45, 7) is 1.66. The van der Waals surface area contributed by atoms with E-state index in [-0.39, 0.29) is 22.9 Å². The van der Waals surface area contributed by atoms with E-state index in [1.54, 1.807) is 6.92 Å². The number of nitrogens with one attached hydrogen (secondary N) is 2. The molecule has 34 heavy (non-hydrogen) atoms. The van der Waals surface area contributed by atoms with E-state index < -0.39 is 38.5 Å². The third-order valence-corrected chi connectivity index (χ3v) is 6.55. The molecule has 0 aliphatic rings. The van der Waals surface area contributed by atoms with Crippen LogP contribution in [0.15, 0.2) is 59.5 Å². The first-order valence-corrected chi connectivity index (χ1v) is 12.0. The molecule has 0 bridgehead atoms. The van der Waals surface area contributed by atoms with Crippen molar-refractivity contribution in [2.24, 2.45) is 7.05 Å². The van der Waals surface area contributed by atoms with Gasteiger partial charge in [0.15, 0.2) is 5.82 Å². The third-order valence-electron chi connectivity index (χ3n) is 5.08. The summed E-state index contributed by atoms with van der Waals surface area (Å²) in [4.78, 5) is 21.6. The molecule has 0 aliphatic heterocycles. The normalized spacial score (nSPS) is 11.5. The van der Waals surface area contributed by atoms with Crippen molar-refractivity contribution < 1.29 is 17.2 Å². The van der Waals surface area contributed by atoms with Gasteiger partial charge in [-0.05, 0) is 36.8 Å². The van der Waals surface area contributed by atoms with Gasteiger partial charge in [-0.15, -0.1) is 0 Å². The smallest absolute Gasteiger partial charge is 0.260 e. The quantitative estimate of drug-likeness (QED) is 0.407. The number of nitrogens with zero attached hydrogens (tertiary/aromatic N) is 3. The number of aryl methyl sites for hydroxylation is 1. The molecular formula is C23H21F2N5O3S. The fourth-order valence-corrected chi connectivity index (χ4v) is 4.63. The summed E-state index contributed by atoms with van der Waals surface area (Å²) < 4.78 is 57.4. The number of fused-ring (bicyclic) bond motifs is 1. The van der Waals surface area contributed by atoms with Gasteiger partial charge in [-0.25, -0.2) is 22.2 Å². The molecule has 4 aromatic rings. The lowest BCUT2D eigenvalue weighted by Gasteiger charge is -2.14. The number of sulfonamides is 1. The van der Waals surface area contributed by atoms with E-state index in [1.807, 2.05) is 30.3 Å². The first-order chi connectivity index (χ1) is 16.2. The van der Waals surface area contributed by atoms with Crippen molar-refractivity contribution in [2.45, 2.75) is 13.3 Å². The van der Waals surface area contributed by atoms with Gasteiger partial charge in [0.25, 0.3) is 5.56 Å². The largest absolute Gasteiger partial charge is 0.324 e. The second kappa shape index (κ2) is 9.18. The van der Waals surface area contributed by atoms with Gasteiger partial charge in [0.1, 0.15) is 11.5 Å². The van der Waals surface area contributed by atoms with Gasteiger partial charge in [-0.1, -0.05) is 25.1 Å². The molecule has 2 heterocycles. The molecule has 0 saturated carbocycles. The van der Waals surface area contributed by atoms with Crippen molar-refractivity contribution in [3.63, 3.8) is 0 Å². The Bertz CT molecular complexity index is 1540. The van der Waals surface area contributed by atoms with Crippen molar-refractivity contribution in [3.8, 4) is 11.1 Å². The molecule has 0 unspecified atom stereocenters. The van der Waals surface area contributed by atoms with Gasteiger partial charge in [-0.2, -0.15) is 4.98 Å². The molecule has 4 rings (SSSR count). The van der Waals surface area contributed by atoms with Gasteiger partial charge < -0.3 is 5.32 Å². The van der Waals surface area contributed by atoms with Crippen LogP contribution in [0.4, 0.5) is 26.1 Å². The summed E-state index contributed by atoms with van der Waals surface area (Å²) in [6.07, 6.45) is 1.75. The van der Waals surface area contributed by atoms with Crippen LogP contribution in [-0.4, -0.2) is 28.7 Å². The number of para-hydroxylation sites is 1. The highest BCUT2D eigenvalue weighted by Gasteiger charge is 2.22. The first-order valence-electron chi connectivity index (χ1n) is 10.4. The molecule has 0 spiro atoms. The number of hydrogen-bond acceptors (Lipinski definition) is 6. The highest BCUT2D eigenvalue weighted by molar-refractivity contribution is 7.92. The molecule has 0 saturated heterocycles.